The van der Waals surface area contributed by atoms with Gasteiger partial charge in [-0.15, -0.1) is 0 Å². The number of alkyl halides is 2. The SMILES string of the molecule is CC(N)(c1cn2cc(Cl)ccc2n1)C(F)F. The van der Waals surface area contributed by atoms with E-state index in [0.29, 0.717) is 10.7 Å². The van der Waals surface area contributed by atoms with Crippen molar-refractivity contribution in [3.8, 4) is 0 Å². The minimum absolute atomic E-state index is 0.143. The minimum atomic E-state index is -2.67. The molecule has 0 amide bonds. The molecule has 2 N–H and O–H groups in total. The first-order chi connectivity index (χ1) is 7.41. The Kier molecular flexibility index (Phi) is 2.59. The Bertz CT molecular complexity index is 522. The van der Waals surface area contributed by atoms with Crippen molar-refractivity contribution >= 4 is 17.2 Å². The molecule has 0 bridgehead atoms. The van der Waals surface area contributed by atoms with Gasteiger partial charge in [-0.25, -0.2) is 13.8 Å². The molecule has 86 valence electrons. The van der Waals surface area contributed by atoms with Gasteiger partial charge in [0.1, 0.15) is 11.2 Å². The van der Waals surface area contributed by atoms with Gasteiger partial charge < -0.3 is 10.1 Å². The number of rotatable bonds is 2. The Balaban J connectivity index is 2.55. The van der Waals surface area contributed by atoms with Crippen molar-refractivity contribution in [3.63, 3.8) is 0 Å². The molecule has 0 aliphatic rings. The number of nitrogens with zero attached hydrogens (tertiary/aromatic N) is 2. The monoisotopic (exact) mass is 245 g/mol. The summed E-state index contributed by atoms with van der Waals surface area (Å²) in [4.78, 5) is 4.05. The van der Waals surface area contributed by atoms with Crippen LogP contribution in [0.2, 0.25) is 5.02 Å². The summed E-state index contributed by atoms with van der Waals surface area (Å²) in [5.41, 5.74) is 4.45. The number of halogens is 3. The standard InChI is InChI=1S/C10H10ClF2N3/c1-10(14,9(12)13)7-5-16-4-6(11)2-3-8(16)15-7/h2-5,9H,14H2,1H3. The lowest BCUT2D eigenvalue weighted by Gasteiger charge is -2.20. The Morgan fingerprint density at radius 1 is 1.44 bits per heavy atom. The van der Waals surface area contributed by atoms with Crippen LogP contribution in [0, 0.1) is 0 Å². The molecule has 16 heavy (non-hydrogen) atoms. The maximum Gasteiger partial charge on any atom is 0.261 e. The van der Waals surface area contributed by atoms with Crippen LogP contribution in [0.25, 0.3) is 5.65 Å². The van der Waals surface area contributed by atoms with Gasteiger partial charge in [-0.05, 0) is 19.1 Å². The maximum absolute atomic E-state index is 12.7. The van der Waals surface area contributed by atoms with E-state index in [2.05, 4.69) is 4.98 Å². The summed E-state index contributed by atoms with van der Waals surface area (Å²) in [6.07, 6.45) is 0.385. The van der Waals surface area contributed by atoms with E-state index >= 15 is 0 Å². The van der Waals surface area contributed by atoms with E-state index < -0.39 is 12.0 Å². The van der Waals surface area contributed by atoms with Crippen molar-refractivity contribution < 1.29 is 8.78 Å². The molecule has 0 aliphatic carbocycles. The fraction of sp³-hybridized carbons (Fsp3) is 0.300. The van der Waals surface area contributed by atoms with Crippen molar-refractivity contribution in [2.75, 3.05) is 0 Å². The Morgan fingerprint density at radius 3 is 2.75 bits per heavy atom. The number of nitrogens with two attached hydrogens (primary N) is 1. The highest BCUT2D eigenvalue weighted by molar-refractivity contribution is 6.30. The third-order valence-electron chi connectivity index (χ3n) is 2.42. The molecule has 0 aromatic carbocycles. The van der Waals surface area contributed by atoms with Gasteiger partial charge in [0.05, 0.1) is 10.7 Å². The lowest BCUT2D eigenvalue weighted by Crippen LogP contribution is -2.40. The second kappa shape index (κ2) is 3.68. The highest BCUT2D eigenvalue weighted by Crippen LogP contribution is 2.25. The van der Waals surface area contributed by atoms with Crippen molar-refractivity contribution in [1.29, 1.82) is 0 Å². The first-order valence-electron chi connectivity index (χ1n) is 4.63. The van der Waals surface area contributed by atoms with Crippen LogP contribution in [0.3, 0.4) is 0 Å². The lowest BCUT2D eigenvalue weighted by molar-refractivity contribution is 0.0605. The van der Waals surface area contributed by atoms with Gasteiger partial charge in [0.2, 0.25) is 0 Å². The van der Waals surface area contributed by atoms with E-state index in [-0.39, 0.29) is 5.69 Å². The predicted molar refractivity (Wildman–Crippen MR) is 57.7 cm³/mol. The first kappa shape index (κ1) is 11.3. The van der Waals surface area contributed by atoms with E-state index in [1.54, 1.807) is 22.7 Å². The molecule has 0 saturated carbocycles. The zero-order valence-electron chi connectivity index (χ0n) is 8.49. The minimum Gasteiger partial charge on any atom is -0.316 e. The van der Waals surface area contributed by atoms with Crippen molar-refractivity contribution in [2.24, 2.45) is 5.73 Å². The average molecular weight is 246 g/mol. The Morgan fingerprint density at radius 2 is 2.12 bits per heavy atom. The van der Waals surface area contributed by atoms with Crippen molar-refractivity contribution in [3.05, 3.63) is 35.2 Å². The van der Waals surface area contributed by atoms with Crippen LogP contribution in [0.1, 0.15) is 12.6 Å². The second-order valence-electron chi connectivity index (χ2n) is 3.82. The number of pyridine rings is 1. The lowest BCUT2D eigenvalue weighted by atomic mass is 10.0. The van der Waals surface area contributed by atoms with Crippen molar-refractivity contribution in [1.82, 2.24) is 9.38 Å². The number of imidazole rings is 1. The average Bonchev–Trinajstić information content (AvgIpc) is 2.60. The van der Waals surface area contributed by atoms with Crippen LogP contribution < -0.4 is 5.73 Å². The van der Waals surface area contributed by atoms with Crippen LogP contribution in [-0.4, -0.2) is 15.8 Å². The summed E-state index contributed by atoms with van der Waals surface area (Å²) >= 11 is 5.78. The summed E-state index contributed by atoms with van der Waals surface area (Å²) in [7, 11) is 0. The molecule has 1 atom stereocenters. The zero-order chi connectivity index (χ0) is 11.9. The molecular weight excluding hydrogens is 236 g/mol. The number of fused-ring (bicyclic) bond motifs is 1. The van der Waals surface area contributed by atoms with Gasteiger partial charge in [-0.1, -0.05) is 11.6 Å². The molecule has 0 aliphatic heterocycles. The smallest absolute Gasteiger partial charge is 0.261 e. The third-order valence-corrected chi connectivity index (χ3v) is 2.64. The van der Waals surface area contributed by atoms with E-state index in [1.165, 1.54) is 13.1 Å². The molecule has 6 heteroatoms. The quantitative estimate of drug-likeness (QED) is 0.883. The van der Waals surface area contributed by atoms with Gasteiger partial charge in [0, 0.05) is 12.4 Å². The molecule has 0 radical (unpaired) electrons. The predicted octanol–water partition coefficient (Wildman–Crippen LogP) is 2.43. The van der Waals surface area contributed by atoms with Crippen LogP contribution in [0.15, 0.2) is 24.5 Å². The molecule has 0 fully saturated rings. The molecule has 2 aromatic heterocycles. The number of hydrogen-bond donors (Lipinski definition) is 1. The summed E-state index contributed by atoms with van der Waals surface area (Å²) in [6.45, 7) is 1.25. The summed E-state index contributed by atoms with van der Waals surface area (Å²) in [5, 5.41) is 0.507. The molecule has 2 aromatic rings. The Hall–Kier alpha value is -1.20. The zero-order valence-corrected chi connectivity index (χ0v) is 9.25. The second-order valence-corrected chi connectivity index (χ2v) is 4.26. The summed E-state index contributed by atoms with van der Waals surface area (Å²) in [6, 6.07) is 3.29. The van der Waals surface area contributed by atoms with E-state index in [4.69, 9.17) is 17.3 Å². The number of aromatic nitrogens is 2. The summed E-state index contributed by atoms with van der Waals surface area (Å²) in [5.74, 6) is 0. The molecule has 3 nitrogen and oxygen atoms in total. The van der Waals surface area contributed by atoms with Gasteiger partial charge >= 0.3 is 0 Å². The largest absolute Gasteiger partial charge is 0.316 e. The normalized spacial score (nSPS) is 15.6. The van der Waals surface area contributed by atoms with E-state index in [0.717, 1.165) is 0 Å². The van der Waals surface area contributed by atoms with Crippen LogP contribution >= 0.6 is 11.6 Å². The number of hydrogen-bond acceptors (Lipinski definition) is 2. The van der Waals surface area contributed by atoms with Crippen LogP contribution in [-0.2, 0) is 5.54 Å². The summed E-state index contributed by atoms with van der Waals surface area (Å²) < 4.78 is 27.0. The fourth-order valence-electron chi connectivity index (χ4n) is 1.34. The highest BCUT2D eigenvalue weighted by atomic mass is 35.5. The van der Waals surface area contributed by atoms with Crippen molar-refractivity contribution in [2.45, 2.75) is 18.9 Å². The van der Waals surface area contributed by atoms with Crippen LogP contribution in [0.4, 0.5) is 8.78 Å². The molecule has 2 rings (SSSR count). The Labute approximate surface area is 95.8 Å². The first-order valence-corrected chi connectivity index (χ1v) is 5.01. The molecule has 0 spiro atoms. The van der Waals surface area contributed by atoms with Crippen LogP contribution in [0.5, 0.6) is 0 Å². The van der Waals surface area contributed by atoms with E-state index in [1.807, 2.05) is 0 Å². The van der Waals surface area contributed by atoms with E-state index in [9.17, 15) is 8.78 Å². The third kappa shape index (κ3) is 1.76. The maximum atomic E-state index is 12.7. The molecule has 0 saturated heterocycles. The topological polar surface area (TPSA) is 43.3 Å². The van der Waals surface area contributed by atoms with Gasteiger partial charge in [-0.3, -0.25) is 0 Å². The van der Waals surface area contributed by atoms with Gasteiger partial charge in [0.25, 0.3) is 6.43 Å². The highest BCUT2D eigenvalue weighted by Gasteiger charge is 2.34. The fourth-order valence-corrected chi connectivity index (χ4v) is 1.50. The molecule has 1 unspecified atom stereocenters. The molecular formula is C10H10ClF2N3. The molecule has 2 heterocycles. The van der Waals surface area contributed by atoms with Gasteiger partial charge in [0.15, 0.2) is 0 Å². The van der Waals surface area contributed by atoms with Gasteiger partial charge in [-0.2, -0.15) is 0 Å².